The number of hydrogen-bond acceptors (Lipinski definition) is 4. The zero-order chi connectivity index (χ0) is 13.4. The van der Waals surface area contributed by atoms with Crippen LogP contribution in [0.25, 0.3) is 0 Å². The van der Waals surface area contributed by atoms with E-state index in [1.165, 1.54) is 0 Å². The average Bonchev–Trinajstić information content (AvgIpc) is 3.16. The Morgan fingerprint density at radius 3 is 2.95 bits per heavy atom. The van der Waals surface area contributed by atoms with E-state index < -0.39 is 0 Å². The summed E-state index contributed by atoms with van der Waals surface area (Å²) >= 11 is 0. The third-order valence-electron chi connectivity index (χ3n) is 3.95. The van der Waals surface area contributed by atoms with E-state index in [4.69, 9.17) is 0 Å². The predicted octanol–water partition coefficient (Wildman–Crippen LogP) is 0.683. The van der Waals surface area contributed by atoms with Gasteiger partial charge in [0.1, 0.15) is 0 Å². The van der Waals surface area contributed by atoms with Gasteiger partial charge in [0.05, 0.1) is 12.2 Å². The maximum atomic E-state index is 12.4. The molecule has 19 heavy (non-hydrogen) atoms. The van der Waals surface area contributed by atoms with Gasteiger partial charge in [-0.3, -0.25) is 4.79 Å². The Kier molecular flexibility index (Phi) is 3.26. The second-order valence-corrected chi connectivity index (χ2v) is 5.87. The molecule has 1 N–H and O–H groups in total. The van der Waals surface area contributed by atoms with Gasteiger partial charge < -0.3 is 10.2 Å². The molecule has 6 heteroatoms. The second kappa shape index (κ2) is 4.92. The lowest BCUT2D eigenvalue weighted by atomic mass is 10.0. The van der Waals surface area contributed by atoms with Crippen LogP contribution in [0.3, 0.4) is 0 Å². The van der Waals surface area contributed by atoms with Crippen molar-refractivity contribution in [2.45, 2.75) is 38.8 Å². The van der Waals surface area contributed by atoms with Crippen molar-refractivity contribution in [3.8, 4) is 0 Å². The van der Waals surface area contributed by atoms with E-state index in [9.17, 15) is 4.79 Å². The van der Waals surface area contributed by atoms with Crippen LogP contribution in [0, 0.1) is 5.92 Å². The summed E-state index contributed by atoms with van der Waals surface area (Å²) in [6.45, 7) is 6.71. The van der Waals surface area contributed by atoms with Crippen molar-refractivity contribution in [2.75, 3.05) is 19.6 Å². The van der Waals surface area contributed by atoms with Crippen molar-refractivity contribution >= 4 is 5.91 Å². The third kappa shape index (κ3) is 2.63. The summed E-state index contributed by atoms with van der Waals surface area (Å²) in [5.41, 5.74) is 0.483. The number of hydrogen-bond donors (Lipinski definition) is 1. The van der Waals surface area contributed by atoms with Crippen LogP contribution in [0.5, 0.6) is 0 Å². The van der Waals surface area contributed by atoms with Gasteiger partial charge in [0, 0.05) is 25.7 Å². The Hall–Kier alpha value is -1.43. The van der Waals surface area contributed by atoms with Crippen molar-refractivity contribution in [3.63, 3.8) is 0 Å². The number of nitrogens with one attached hydrogen (secondary N) is 1. The first kappa shape index (κ1) is 12.6. The molecular formula is C13H21N5O. The van der Waals surface area contributed by atoms with E-state index in [1.54, 1.807) is 6.20 Å². The molecule has 0 spiro atoms. The molecule has 3 rings (SSSR count). The standard InChI is InChI=1S/C13H21N5O/c1-9(2)11-7-17(6-5-14-11)13(19)12-8-18(16-15-12)10-3-4-10/h8-11,14H,3-7H2,1-2H3/t11-/m1/s1. The van der Waals surface area contributed by atoms with Crippen LogP contribution in [0.2, 0.25) is 0 Å². The number of piperazine rings is 1. The van der Waals surface area contributed by atoms with Gasteiger partial charge in [-0.05, 0) is 18.8 Å². The van der Waals surface area contributed by atoms with E-state index in [-0.39, 0.29) is 5.91 Å². The highest BCUT2D eigenvalue weighted by Crippen LogP contribution is 2.33. The Morgan fingerprint density at radius 2 is 2.26 bits per heavy atom. The smallest absolute Gasteiger partial charge is 0.276 e. The van der Waals surface area contributed by atoms with Crippen LogP contribution in [-0.4, -0.2) is 51.5 Å². The first-order chi connectivity index (χ1) is 9.15. The molecule has 1 aromatic rings. The van der Waals surface area contributed by atoms with Crippen LogP contribution in [0.15, 0.2) is 6.20 Å². The normalized spacial score (nSPS) is 23.9. The molecule has 104 valence electrons. The molecule has 1 aliphatic heterocycles. The maximum absolute atomic E-state index is 12.4. The molecule has 1 saturated heterocycles. The Labute approximate surface area is 113 Å². The molecule has 2 aliphatic rings. The molecule has 0 aromatic carbocycles. The van der Waals surface area contributed by atoms with Crippen molar-refractivity contribution in [1.29, 1.82) is 0 Å². The quantitative estimate of drug-likeness (QED) is 0.871. The molecule has 0 unspecified atom stereocenters. The molecule has 1 aromatic heterocycles. The zero-order valence-electron chi connectivity index (χ0n) is 11.5. The Morgan fingerprint density at radius 1 is 1.47 bits per heavy atom. The van der Waals surface area contributed by atoms with Crippen LogP contribution in [-0.2, 0) is 0 Å². The molecule has 0 bridgehead atoms. The molecule has 2 fully saturated rings. The van der Waals surface area contributed by atoms with Crippen LogP contribution < -0.4 is 5.32 Å². The fraction of sp³-hybridized carbons (Fsp3) is 0.769. The van der Waals surface area contributed by atoms with Gasteiger partial charge in [-0.1, -0.05) is 19.1 Å². The molecule has 1 atom stereocenters. The topological polar surface area (TPSA) is 63.1 Å². The largest absolute Gasteiger partial charge is 0.334 e. The Balaban J connectivity index is 1.68. The van der Waals surface area contributed by atoms with E-state index in [1.807, 2.05) is 9.58 Å². The maximum Gasteiger partial charge on any atom is 0.276 e. The highest BCUT2D eigenvalue weighted by atomic mass is 16.2. The number of carbonyl (C=O) groups is 1. The first-order valence-corrected chi connectivity index (χ1v) is 7.09. The summed E-state index contributed by atoms with van der Waals surface area (Å²) in [5.74, 6) is 0.539. The lowest BCUT2D eigenvalue weighted by molar-refractivity contribution is 0.0678. The van der Waals surface area contributed by atoms with Gasteiger partial charge in [-0.15, -0.1) is 5.10 Å². The molecule has 2 heterocycles. The fourth-order valence-electron chi connectivity index (χ4n) is 2.46. The number of nitrogens with zero attached hydrogens (tertiary/aromatic N) is 4. The van der Waals surface area contributed by atoms with Gasteiger partial charge in [0.2, 0.25) is 0 Å². The fourth-order valence-corrected chi connectivity index (χ4v) is 2.46. The molecule has 0 radical (unpaired) electrons. The van der Waals surface area contributed by atoms with E-state index >= 15 is 0 Å². The number of aromatic nitrogens is 3. The van der Waals surface area contributed by atoms with Crippen LogP contribution in [0.4, 0.5) is 0 Å². The molecular weight excluding hydrogens is 242 g/mol. The molecule has 1 aliphatic carbocycles. The van der Waals surface area contributed by atoms with Gasteiger partial charge >= 0.3 is 0 Å². The zero-order valence-corrected chi connectivity index (χ0v) is 11.5. The van der Waals surface area contributed by atoms with Gasteiger partial charge in [-0.2, -0.15) is 0 Å². The summed E-state index contributed by atoms with van der Waals surface area (Å²) < 4.78 is 1.83. The molecule has 6 nitrogen and oxygen atoms in total. The number of carbonyl (C=O) groups excluding carboxylic acids is 1. The third-order valence-corrected chi connectivity index (χ3v) is 3.95. The van der Waals surface area contributed by atoms with Crippen LogP contribution >= 0.6 is 0 Å². The molecule has 1 amide bonds. The summed E-state index contributed by atoms with van der Waals surface area (Å²) in [6.07, 6.45) is 4.10. The minimum absolute atomic E-state index is 0.0130. The summed E-state index contributed by atoms with van der Waals surface area (Å²) in [7, 11) is 0. The predicted molar refractivity (Wildman–Crippen MR) is 70.8 cm³/mol. The monoisotopic (exact) mass is 263 g/mol. The summed E-state index contributed by atoms with van der Waals surface area (Å²) in [6, 6.07) is 0.844. The van der Waals surface area contributed by atoms with E-state index in [2.05, 4.69) is 29.5 Å². The SMILES string of the molecule is CC(C)[C@H]1CN(C(=O)c2cn(C3CC3)nn2)CCN1. The minimum Gasteiger partial charge on any atom is -0.334 e. The Bertz CT molecular complexity index is 465. The van der Waals surface area contributed by atoms with Gasteiger partial charge in [-0.25, -0.2) is 4.68 Å². The van der Waals surface area contributed by atoms with E-state index in [0.29, 0.717) is 23.7 Å². The molecule has 1 saturated carbocycles. The van der Waals surface area contributed by atoms with Crippen LogP contribution in [0.1, 0.15) is 43.2 Å². The van der Waals surface area contributed by atoms with Crippen molar-refractivity contribution in [2.24, 2.45) is 5.92 Å². The first-order valence-electron chi connectivity index (χ1n) is 7.09. The van der Waals surface area contributed by atoms with Gasteiger partial charge in [0.25, 0.3) is 5.91 Å². The highest BCUT2D eigenvalue weighted by Gasteiger charge is 2.29. The van der Waals surface area contributed by atoms with Crippen molar-refractivity contribution < 1.29 is 4.79 Å². The number of amides is 1. The lowest BCUT2D eigenvalue weighted by Crippen LogP contribution is -2.54. The lowest BCUT2D eigenvalue weighted by Gasteiger charge is -2.35. The van der Waals surface area contributed by atoms with E-state index in [0.717, 1.165) is 32.5 Å². The summed E-state index contributed by atoms with van der Waals surface area (Å²) in [5, 5.41) is 11.5. The summed E-state index contributed by atoms with van der Waals surface area (Å²) in [4.78, 5) is 14.3. The average molecular weight is 263 g/mol. The number of rotatable bonds is 3. The minimum atomic E-state index is 0.0130. The van der Waals surface area contributed by atoms with Gasteiger partial charge in [0.15, 0.2) is 5.69 Å². The second-order valence-electron chi connectivity index (χ2n) is 5.87. The highest BCUT2D eigenvalue weighted by molar-refractivity contribution is 5.92. The van der Waals surface area contributed by atoms with Crippen molar-refractivity contribution in [3.05, 3.63) is 11.9 Å². The van der Waals surface area contributed by atoms with Crippen molar-refractivity contribution in [1.82, 2.24) is 25.2 Å².